The molecule has 1 aromatic carbocycles. The first-order chi connectivity index (χ1) is 11.6. The van der Waals surface area contributed by atoms with Crippen LogP contribution in [0.25, 0.3) is 11.0 Å². The fourth-order valence-electron chi connectivity index (χ4n) is 3.02. The van der Waals surface area contributed by atoms with Gasteiger partial charge in [-0.05, 0) is 57.2 Å². The zero-order valence-electron chi connectivity index (χ0n) is 13.9. The molecular weight excluding hydrogens is 347 g/mol. The molecule has 0 spiro atoms. The van der Waals surface area contributed by atoms with E-state index in [1.54, 1.807) is 6.07 Å². The average Bonchev–Trinajstić information content (AvgIpc) is 2.55. The molecule has 1 aromatic heterocycles. The lowest BCUT2D eigenvalue weighted by Crippen LogP contribution is -2.15. The van der Waals surface area contributed by atoms with Gasteiger partial charge in [-0.15, -0.1) is 0 Å². The van der Waals surface area contributed by atoms with Gasteiger partial charge in [-0.2, -0.15) is 0 Å². The molecule has 0 aliphatic heterocycles. The Labute approximate surface area is 146 Å². The van der Waals surface area contributed by atoms with Gasteiger partial charge in [-0.1, -0.05) is 0 Å². The summed E-state index contributed by atoms with van der Waals surface area (Å²) in [5.41, 5.74) is 2.19. The molecule has 0 radical (unpaired) electrons. The molecule has 3 rings (SSSR count). The van der Waals surface area contributed by atoms with Crippen LogP contribution in [0.4, 0.5) is 0 Å². The summed E-state index contributed by atoms with van der Waals surface area (Å²) in [5, 5.41) is 0.970. The van der Waals surface area contributed by atoms with Crippen molar-refractivity contribution in [2.24, 2.45) is 0 Å². The molecule has 7 heteroatoms. The highest BCUT2D eigenvalue weighted by molar-refractivity contribution is 8.07. The van der Waals surface area contributed by atoms with Gasteiger partial charge in [0.25, 0.3) is 0 Å². The summed E-state index contributed by atoms with van der Waals surface area (Å²) < 4.78 is 22.3. The van der Waals surface area contributed by atoms with E-state index in [9.17, 15) is 4.79 Å². The molecular formula is C17H21O5PS. The van der Waals surface area contributed by atoms with Crippen molar-refractivity contribution in [3.8, 4) is 5.75 Å². The van der Waals surface area contributed by atoms with E-state index in [-0.39, 0.29) is 5.63 Å². The van der Waals surface area contributed by atoms with E-state index < -0.39 is 6.72 Å². The van der Waals surface area contributed by atoms with Gasteiger partial charge in [-0.25, -0.2) is 4.79 Å². The summed E-state index contributed by atoms with van der Waals surface area (Å²) in [5.74, 6) is 0.492. The minimum absolute atomic E-state index is 0.247. The molecule has 0 saturated carbocycles. The van der Waals surface area contributed by atoms with Gasteiger partial charge in [0, 0.05) is 28.8 Å². The van der Waals surface area contributed by atoms with Gasteiger partial charge in [-0.3, -0.25) is 9.05 Å². The first kappa shape index (κ1) is 17.6. The van der Waals surface area contributed by atoms with Crippen LogP contribution >= 0.6 is 6.72 Å². The van der Waals surface area contributed by atoms with E-state index in [0.29, 0.717) is 24.5 Å². The second kappa shape index (κ2) is 7.36. The predicted octanol–water partition coefficient (Wildman–Crippen LogP) is 4.35. The highest BCUT2D eigenvalue weighted by atomic mass is 32.5. The minimum Gasteiger partial charge on any atom is -0.424 e. The normalized spacial score (nSPS) is 14.6. The highest BCUT2D eigenvalue weighted by Crippen LogP contribution is 2.50. The van der Waals surface area contributed by atoms with Crippen LogP contribution in [-0.2, 0) is 33.7 Å². The number of rotatable bonds is 6. The van der Waals surface area contributed by atoms with Crippen LogP contribution in [0, 0.1) is 0 Å². The lowest BCUT2D eigenvalue weighted by molar-refractivity contribution is 0.218. The Morgan fingerprint density at radius 3 is 2.46 bits per heavy atom. The van der Waals surface area contributed by atoms with Crippen molar-refractivity contribution in [2.75, 3.05) is 13.2 Å². The first-order valence-corrected chi connectivity index (χ1v) is 10.8. The molecule has 130 valence electrons. The zero-order valence-corrected chi connectivity index (χ0v) is 15.6. The van der Waals surface area contributed by atoms with Gasteiger partial charge in [0.05, 0.1) is 13.2 Å². The topological polar surface area (TPSA) is 57.9 Å². The maximum Gasteiger partial charge on any atom is 0.380 e. The van der Waals surface area contributed by atoms with E-state index in [0.717, 1.165) is 42.2 Å². The zero-order chi connectivity index (χ0) is 17.2. The number of fused-ring (bicyclic) bond motifs is 3. The summed E-state index contributed by atoms with van der Waals surface area (Å²) in [4.78, 5) is 12.2. The van der Waals surface area contributed by atoms with Gasteiger partial charge in [0.2, 0.25) is 0 Å². The summed E-state index contributed by atoms with van der Waals surface area (Å²) in [7, 11) is 0. The van der Waals surface area contributed by atoms with E-state index in [1.165, 1.54) is 0 Å². The molecule has 0 N–H and O–H groups in total. The molecule has 2 aromatic rings. The van der Waals surface area contributed by atoms with Crippen LogP contribution in [0.1, 0.15) is 37.8 Å². The maximum absolute atomic E-state index is 12.2. The molecule has 1 heterocycles. The van der Waals surface area contributed by atoms with Gasteiger partial charge >= 0.3 is 12.3 Å². The molecule has 0 amide bonds. The Balaban J connectivity index is 2.00. The molecule has 1 aliphatic rings. The van der Waals surface area contributed by atoms with Crippen molar-refractivity contribution in [1.82, 2.24) is 0 Å². The number of aryl methyl sites for hydroxylation is 1. The van der Waals surface area contributed by atoms with Crippen molar-refractivity contribution in [2.45, 2.75) is 39.5 Å². The quantitative estimate of drug-likeness (QED) is 0.558. The van der Waals surface area contributed by atoms with Crippen LogP contribution in [0.15, 0.2) is 27.4 Å². The van der Waals surface area contributed by atoms with E-state index in [4.69, 9.17) is 29.8 Å². The predicted molar refractivity (Wildman–Crippen MR) is 97.3 cm³/mol. The monoisotopic (exact) mass is 368 g/mol. The lowest BCUT2D eigenvalue weighted by atomic mass is 9.91. The van der Waals surface area contributed by atoms with Crippen LogP contribution in [-0.4, -0.2) is 13.2 Å². The maximum atomic E-state index is 12.2. The minimum atomic E-state index is -2.84. The smallest absolute Gasteiger partial charge is 0.380 e. The molecule has 0 bridgehead atoms. The molecule has 0 unspecified atom stereocenters. The third kappa shape index (κ3) is 3.57. The number of hydrogen-bond donors (Lipinski definition) is 0. The van der Waals surface area contributed by atoms with Crippen LogP contribution in [0.2, 0.25) is 0 Å². The van der Waals surface area contributed by atoms with Crippen LogP contribution in [0.3, 0.4) is 0 Å². The van der Waals surface area contributed by atoms with Crippen LogP contribution in [0.5, 0.6) is 5.75 Å². The largest absolute Gasteiger partial charge is 0.424 e. The standard InChI is InChI=1S/C17H21O5PS/c1-3-19-23(24,20-4-2)22-12-9-10-14-13-7-5-6-8-15(13)17(18)21-16(14)11-12/h9-11H,3-8H2,1-2H3. The van der Waals surface area contributed by atoms with Crippen molar-refractivity contribution in [3.63, 3.8) is 0 Å². The first-order valence-electron chi connectivity index (χ1n) is 8.23. The summed E-state index contributed by atoms with van der Waals surface area (Å²) in [6.07, 6.45) is 3.84. The summed E-state index contributed by atoms with van der Waals surface area (Å²) >= 11 is 5.38. The van der Waals surface area contributed by atoms with Gasteiger partial charge < -0.3 is 8.94 Å². The molecule has 24 heavy (non-hydrogen) atoms. The van der Waals surface area contributed by atoms with Crippen molar-refractivity contribution in [3.05, 3.63) is 39.7 Å². The third-order valence-corrected chi connectivity index (χ3v) is 6.43. The average molecular weight is 368 g/mol. The Hall–Kier alpha value is -1.20. The van der Waals surface area contributed by atoms with Crippen molar-refractivity contribution in [1.29, 1.82) is 0 Å². The third-order valence-electron chi connectivity index (χ3n) is 3.99. The lowest BCUT2D eigenvalue weighted by Gasteiger charge is -2.21. The molecule has 5 nitrogen and oxygen atoms in total. The molecule has 0 fully saturated rings. The van der Waals surface area contributed by atoms with Gasteiger partial charge in [0.15, 0.2) is 0 Å². The Morgan fingerprint density at radius 1 is 1.12 bits per heavy atom. The number of benzene rings is 1. The Kier molecular flexibility index (Phi) is 5.40. The molecule has 0 atom stereocenters. The van der Waals surface area contributed by atoms with Crippen molar-refractivity contribution >= 4 is 29.5 Å². The SMILES string of the molecule is CCOP(=S)(OCC)Oc1ccc2c3c(c(=O)oc2c1)CCCC3. The fourth-order valence-corrected chi connectivity index (χ4v) is 5.09. The van der Waals surface area contributed by atoms with Crippen molar-refractivity contribution < 1.29 is 18.0 Å². The van der Waals surface area contributed by atoms with E-state index >= 15 is 0 Å². The summed E-state index contributed by atoms with van der Waals surface area (Å²) in [6.45, 7) is 1.66. The summed E-state index contributed by atoms with van der Waals surface area (Å²) in [6, 6.07) is 5.45. The highest BCUT2D eigenvalue weighted by Gasteiger charge is 2.23. The van der Waals surface area contributed by atoms with Crippen LogP contribution < -0.4 is 10.1 Å². The second-order valence-electron chi connectivity index (χ2n) is 5.59. The molecule has 1 aliphatic carbocycles. The van der Waals surface area contributed by atoms with E-state index in [2.05, 4.69) is 0 Å². The molecule has 0 saturated heterocycles. The Bertz CT molecular complexity index is 835. The fraction of sp³-hybridized carbons (Fsp3) is 0.471. The second-order valence-corrected chi connectivity index (χ2v) is 8.52. The van der Waals surface area contributed by atoms with E-state index in [1.807, 2.05) is 26.0 Å². The number of hydrogen-bond acceptors (Lipinski definition) is 6. The Morgan fingerprint density at radius 2 is 1.79 bits per heavy atom. The van der Waals surface area contributed by atoms with Gasteiger partial charge in [0.1, 0.15) is 11.3 Å².